The molecule has 1 aliphatic rings. The van der Waals surface area contributed by atoms with E-state index >= 15 is 0 Å². The summed E-state index contributed by atoms with van der Waals surface area (Å²) in [5.41, 5.74) is 0.768. The van der Waals surface area contributed by atoms with Crippen LogP contribution in [0.2, 0.25) is 0 Å². The maximum absolute atomic E-state index is 13.9. The van der Waals surface area contributed by atoms with E-state index in [1.54, 1.807) is 0 Å². The zero-order valence-corrected chi connectivity index (χ0v) is 26.2. The molecular formula is C36H30O15. The topological polar surface area (TPSA) is 258 Å². The van der Waals surface area contributed by atoms with Crippen molar-refractivity contribution in [2.45, 2.75) is 37.1 Å². The highest BCUT2D eigenvalue weighted by Crippen LogP contribution is 2.53. The minimum absolute atomic E-state index is 0.0429. The lowest BCUT2D eigenvalue weighted by atomic mass is 9.87. The highest BCUT2D eigenvalue weighted by atomic mass is 16.6. The van der Waals surface area contributed by atoms with Gasteiger partial charge in [0.2, 0.25) is 12.2 Å². The van der Waals surface area contributed by atoms with Crippen LogP contribution in [0.1, 0.15) is 39.8 Å². The predicted molar refractivity (Wildman–Crippen MR) is 173 cm³/mol. The molecule has 0 fully saturated rings. The number of rotatable bonds is 12. The number of benzene rings is 4. The molecule has 4 aromatic rings. The fourth-order valence-electron chi connectivity index (χ4n) is 5.42. The van der Waals surface area contributed by atoms with E-state index in [9.17, 15) is 60.0 Å². The Morgan fingerprint density at radius 3 is 1.86 bits per heavy atom. The zero-order chi connectivity index (χ0) is 37.0. The average Bonchev–Trinajstić information content (AvgIpc) is 3.49. The molecule has 1 heterocycles. The summed E-state index contributed by atoms with van der Waals surface area (Å²) in [4.78, 5) is 50.8. The SMILES string of the molecule is O=C(/C=C\c1ccc(O)c2c1C(C(=O)OC(Cc1ccc(O)c(O)c1)C(=O)O)C(c1ccc(O)c(O)c1)O2)OC(Cc1ccc(O)cc1)C(=O)O. The lowest BCUT2D eigenvalue weighted by Gasteiger charge is -2.22. The van der Waals surface area contributed by atoms with Crippen LogP contribution >= 0.6 is 0 Å². The van der Waals surface area contributed by atoms with Crippen molar-refractivity contribution in [2.24, 2.45) is 0 Å². The number of carboxylic acid groups (broad SMARTS) is 2. The molecule has 264 valence electrons. The molecule has 15 heteroatoms. The summed E-state index contributed by atoms with van der Waals surface area (Å²) >= 11 is 0. The number of carbonyl (C=O) groups is 4. The van der Waals surface area contributed by atoms with Crippen LogP contribution in [-0.4, -0.2) is 76.9 Å². The number of fused-ring (bicyclic) bond motifs is 1. The van der Waals surface area contributed by atoms with Gasteiger partial charge in [-0.1, -0.05) is 30.3 Å². The summed E-state index contributed by atoms with van der Waals surface area (Å²) in [6.45, 7) is 0. The first-order valence-corrected chi connectivity index (χ1v) is 15.1. The van der Waals surface area contributed by atoms with Gasteiger partial charge in [0.25, 0.3) is 0 Å². The first kappa shape index (κ1) is 35.4. The Morgan fingerprint density at radius 2 is 1.24 bits per heavy atom. The Kier molecular flexibility index (Phi) is 10.2. The number of phenolic OH excluding ortho intramolecular Hbond substituents is 6. The quantitative estimate of drug-likeness (QED) is 0.0596. The normalized spacial score (nSPS) is 16.1. The van der Waals surface area contributed by atoms with Crippen molar-refractivity contribution in [3.8, 4) is 40.2 Å². The molecule has 15 nitrogen and oxygen atoms in total. The summed E-state index contributed by atoms with van der Waals surface area (Å²) < 4.78 is 16.5. The van der Waals surface area contributed by atoms with E-state index in [2.05, 4.69) is 0 Å². The fourth-order valence-corrected chi connectivity index (χ4v) is 5.42. The summed E-state index contributed by atoms with van der Waals surface area (Å²) in [5, 5.41) is 79.3. The molecule has 5 rings (SSSR count). The Bertz CT molecular complexity index is 2020. The van der Waals surface area contributed by atoms with Gasteiger partial charge in [0.1, 0.15) is 17.8 Å². The highest BCUT2D eigenvalue weighted by molar-refractivity contribution is 5.92. The van der Waals surface area contributed by atoms with Crippen LogP contribution in [0.5, 0.6) is 40.2 Å². The van der Waals surface area contributed by atoms with E-state index in [-0.39, 0.29) is 40.2 Å². The molecule has 51 heavy (non-hydrogen) atoms. The van der Waals surface area contributed by atoms with Gasteiger partial charge >= 0.3 is 23.9 Å². The van der Waals surface area contributed by atoms with Crippen LogP contribution in [0.3, 0.4) is 0 Å². The minimum atomic E-state index is -1.83. The Hall–Kier alpha value is -6.90. The molecule has 4 atom stereocenters. The monoisotopic (exact) mass is 702 g/mol. The third-order valence-corrected chi connectivity index (χ3v) is 7.93. The van der Waals surface area contributed by atoms with Crippen molar-refractivity contribution in [3.05, 3.63) is 107 Å². The van der Waals surface area contributed by atoms with Gasteiger partial charge in [-0.25, -0.2) is 14.4 Å². The van der Waals surface area contributed by atoms with Gasteiger partial charge in [0, 0.05) is 24.5 Å². The molecule has 0 bridgehead atoms. The lowest BCUT2D eigenvalue weighted by molar-refractivity contribution is -0.166. The van der Waals surface area contributed by atoms with Crippen molar-refractivity contribution in [1.29, 1.82) is 0 Å². The molecule has 0 aromatic heterocycles. The number of hydrogen-bond acceptors (Lipinski definition) is 13. The molecule has 1 aliphatic heterocycles. The van der Waals surface area contributed by atoms with Gasteiger partial charge in [-0.3, -0.25) is 4.79 Å². The predicted octanol–water partition coefficient (Wildman–Crippen LogP) is 3.63. The largest absolute Gasteiger partial charge is 0.508 e. The number of esters is 2. The first-order chi connectivity index (χ1) is 24.2. The van der Waals surface area contributed by atoms with Crippen molar-refractivity contribution in [1.82, 2.24) is 0 Å². The highest BCUT2D eigenvalue weighted by Gasteiger charge is 2.46. The smallest absolute Gasteiger partial charge is 0.345 e. The first-order valence-electron chi connectivity index (χ1n) is 15.1. The summed E-state index contributed by atoms with van der Waals surface area (Å²) in [6, 6.07) is 15.1. The van der Waals surface area contributed by atoms with E-state index < -0.39 is 83.3 Å². The molecule has 8 N–H and O–H groups in total. The maximum Gasteiger partial charge on any atom is 0.345 e. The third kappa shape index (κ3) is 8.05. The Balaban J connectivity index is 1.47. The van der Waals surface area contributed by atoms with E-state index in [4.69, 9.17) is 14.2 Å². The summed E-state index contributed by atoms with van der Waals surface area (Å²) in [7, 11) is 0. The van der Waals surface area contributed by atoms with Gasteiger partial charge < -0.3 is 55.1 Å². The zero-order valence-electron chi connectivity index (χ0n) is 26.2. The van der Waals surface area contributed by atoms with Crippen molar-refractivity contribution >= 4 is 30.0 Å². The third-order valence-electron chi connectivity index (χ3n) is 7.93. The van der Waals surface area contributed by atoms with Gasteiger partial charge in [-0.05, 0) is 70.8 Å². The molecular weight excluding hydrogens is 672 g/mol. The minimum Gasteiger partial charge on any atom is -0.508 e. The van der Waals surface area contributed by atoms with E-state index in [0.29, 0.717) is 5.56 Å². The van der Waals surface area contributed by atoms with E-state index in [1.807, 2.05) is 0 Å². The number of carboxylic acids is 2. The van der Waals surface area contributed by atoms with Gasteiger partial charge in [-0.2, -0.15) is 0 Å². The van der Waals surface area contributed by atoms with Crippen LogP contribution in [-0.2, 0) is 41.5 Å². The van der Waals surface area contributed by atoms with Gasteiger partial charge in [0.05, 0.1) is 0 Å². The molecule has 0 aliphatic carbocycles. The van der Waals surface area contributed by atoms with Crippen LogP contribution in [0.4, 0.5) is 0 Å². The van der Waals surface area contributed by atoms with Crippen molar-refractivity contribution in [2.75, 3.05) is 0 Å². The van der Waals surface area contributed by atoms with E-state index in [1.165, 1.54) is 48.5 Å². The van der Waals surface area contributed by atoms with Crippen LogP contribution in [0.15, 0.2) is 78.9 Å². The second kappa shape index (κ2) is 14.7. The average molecular weight is 703 g/mol. The van der Waals surface area contributed by atoms with Crippen molar-refractivity contribution < 1.29 is 74.2 Å². The van der Waals surface area contributed by atoms with Crippen LogP contribution in [0.25, 0.3) is 6.08 Å². The van der Waals surface area contributed by atoms with Crippen LogP contribution in [0, 0.1) is 0 Å². The molecule has 4 aromatic carbocycles. The van der Waals surface area contributed by atoms with Crippen LogP contribution < -0.4 is 4.74 Å². The molecule has 0 spiro atoms. The van der Waals surface area contributed by atoms with E-state index in [0.717, 1.165) is 36.4 Å². The number of ether oxygens (including phenoxy) is 3. The number of hydrogen-bond donors (Lipinski definition) is 8. The lowest BCUT2D eigenvalue weighted by Crippen LogP contribution is -2.33. The fraction of sp³-hybridized carbons (Fsp3) is 0.167. The summed E-state index contributed by atoms with van der Waals surface area (Å²) in [5.74, 6) is -9.64. The maximum atomic E-state index is 13.9. The Morgan fingerprint density at radius 1 is 0.667 bits per heavy atom. The van der Waals surface area contributed by atoms with Gasteiger partial charge in [-0.15, -0.1) is 0 Å². The molecule has 0 amide bonds. The standard InChI is InChI=1S/C36H30O15/c37-21-7-1-17(2-8-21)14-27(34(44)45)49-29(43)12-6-19-4-11-24(40)33-30(19)31(32(51-33)20-5-10-23(39)26(42)16-20)36(48)50-28(35(46)47)15-18-3-9-22(38)25(41)13-18/h1-13,16,27-28,31-32,37-42H,14-15H2,(H,44,45)(H,46,47)/b12-6-. The number of carbonyl (C=O) groups excluding carboxylic acids is 2. The molecule has 0 saturated heterocycles. The number of phenols is 6. The van der Waals surface area contributed by atoms with Crippen molar-refractivity contribution in [3.63, 3.8) is 0 Å². The second-order valence-corrected chi connectivity index (χ2v) is 11.4. The molecule has 0 saturated carbocycles. The molecule has 0 radical (unpaired) electrons. The Labute approximate surface area is 288 Å². The second-order valence-electron chi connectivity index (χ2n) is 11.4. The number of aliphatic carboxylic acids is 2. The van der Waals surface area contributed by atoms with Gasteiger partial charge in [0.15, 0.2) is 34.5 Å². The summed E-state index contributed by atoms with van der Waals surface area (Å²) in [6.07, 6.45) is -3.44. The number of aromatic hydroxyl groups is 6. The molecule has 4 unspecified atom stereocenters.